The van der Waals surface area contributed by atoms with Crippen LogP contribution in [0.15, 0.2) is 30.3 Å². The molecule has 0 heterocycles. The van der Waals surface area contributed by atoms with Crippen LogP contribution in [-0.2, 0) is 4.79 Å². The smallest absolute Gasteiger partial charge is 0.228 e. The van der Waals surface area contributed by atoms with Gasteiger partial charge >= 0.3 is 0 Å². The van der Waals surface area contributed by atoms with E-state index >= 15 is 0 Å². The molecule has 0 spiro atoms. The molecule has 0 N–H and O–H groups in total. The quantitative estimate of drug-likeness (QED) is 0.502. The van der Waals surface area contributed by atoms with Crippen LogP contribution in [0.5, 0.6) is 0 Å². The van der Waals surface area contributed by atoms with Gasteiger partial charge in [-0.05, 0) is 0 Å². The molecule has 1 aromatic rings. The van der Waals surface area contributed by atoms with Crippen molar-refractivity contribution in [2.24, 2.45) is 0 Å². The second-order valence-electron chi connectivity index (χ2n) is 2.47. The molecule has 1 aromatic carbocycles. The zero-order chi connectivity index (χ0) is 8.97. The molecule has 0 bridgehead atoms. The Labute approximate surface area is 71.2 Å². The lowest BCUT2D eigenvalue weighted by Crippen LogP contribution is -2.12. The Hall–Kier alpha value is -1.44. The molecule has 0 aromatic heterocycles. The van der Waals surface area contributed by atoms with Crippen LogP contribution < -0.4 is 0 Å². The van der Waals surface area contributed by atoms with Crippen LogP contribution in [0.3, 0.4) is 0 Å². The van der Waals surface area contributed by atoms with Crippen molar-refractivity contribution in [3.63, 3.8) is 0 Å². The predicted octanol–water partition coefficient (Wildman–Crippen LogP) is 1.85. The van der Waals surface area contributed by atoms with E-state index in [-0.39, 0.29) is 12.2 Å². The van der Waals surface area contributed by atoms with Crippen molar-refractivity contribution in [1.82, 2.24) is 0 Å². The van der Waals surface area contributed by atoms with Crippen LogP contribution in [0.2, 0.25) is 0 Å². The minimum absolute atomic E-state index is 0.272. The van der Waals surface area contributed by atoms with Gasteiger partial charge in [-0.1, -0.05) is 37.3 Å². The number of rotatable bonds is 3. The number of hydrogen-bond acceptors (Lipinski definition) is 2. The molecule has 0 saturated heterocycles. The number of Topliss-reactive ketones (excluding diaryl/α,β-unsaturated/α-hetero) is 2. The largest absolute Gasteiger partial charge is 0.290 e. The number of hydrogen-bond donors (Lipinski definition) is 0. The Morgan fingerprint density at radius 2 is 1.75 bits per heavy atom. The number of benzene rings is 1. The summed E-state index contributed by atoms with van der Waals surface area (Å²) in [5.74, 6) is -0.723. The van der Waals surface area contributed by atoms with Crippen LogP contribution in [0.25, 0.3) is 0 Å². The molecular formula is C10H10O2. The standard InChI is InChI=1S/C10H10O2/c1-2-9(11)10(12)8-6-4-3-5-7-8/h3-7H,2H2,1H3. The summed E-state index contributed by atoms with van der Waals surface area (Å²) in [4.78, 5) is 22.2. The van der Waals surface area contributed by atoms with E-state index in [0.29, 0.717) is 5.56 Å². The maximum Gasteiger partial charge on any atom is 0.228 e. The average molecular weight is 162 g/mol. The molecule has 0 fully saturated rings. The van der Waals surface area contributed by atoms with E-state index in [4.69, 9.17) is 0 Å². The first-order valence-electron chi connectivity index (χ1n) is 3.88. The van der Waals surface area contributed by atoms with Gasteiger partial charge in [-0.3, -0.25) is 9.59 Å². The number of ketones is 2. The minimum Gasteiger partial charge on any atom is -0.290 e. The van der Waals surface area contributed by atoms with Gasteiger partial charge in [-0.2, -0.15) is 0 Å². The summed E-state index contributed by atoms with van der Waals surface area (Å²) in [5, 5.41) is 0. The summed E-state index contributed by atoms with van der Waals surface area (Å²) in [6.07, 6.45) is 0.272. The van der Waals surface area contributed by atoms with Gasteiger partial charge < -0.3 is 0 Å². The summed E-state index contributed by atoms with van der Waals surface area (Å²) in [6, 6.07) is 8.60. The molecule has 0 aliphatic rings. The van der Waals surface area contributed by atoms with E-state index in [9.17, 15) is 9.59 Å². The Bertz CT molecular complexity index is 288. The van der Waals surface area contributed by atoms with Crippen molar-refractivity contribution in [2.75, 3.05) is 0 Å². The van der Waals surface area contributed by atoms with Gasteiger partial charge in [0.15, 0.2) is 0 Å². The van der Waals surface area contributed by atoms with Crippen molar-refractivity contribution in [3.8, 4) is 0 Å². The van der Waals surface area contributed by atoms with Gasteiger partial charge in [0, 0.05) is 12.0 Å². The first-order valence-corrected chi connectivity index (χ1v) is 3.88. The summed E-state index contributed by atoms with van der Waals surface area (Å²) in [6.45, 7) is 1.68. The zero-order valence-corrected chi connectivity index (χ0v) is 6.91. The fourth-order valence-corrected chi connectivity index (χ4v) is 0.911. The highest BCUT2D eigenvalue weighted by Gasteiger charge is 2.12. The van der Waals surface area contributed by atoms with E-state index in [1.165, 1.54) is 0 Å². The second kappa shape index (κ2) is 3.81. The molecule has 0 amide bonds. The molecule has 0 atom stereocenters. The fraction of sp³-hybridized carbons (Fsp3) is 0.200. The molecule has 0 aliphatic carbocycles. The van der Waals surface area contributed by atoms with Gasteiger partial charge in [0.2, 0.25) is 11.6 Å². The maximum absolute atomic E-state index is 11.2. The maximum atomic E-state index is 11.2. The second-order valence-corrected chi connectivity index (χ2v) is 2.47. The summed E-state index contributed by atoms with van der Waals surface area (Å²) >= 11 is 0. The molecule has 2 nitrogen and oxygen atoms in total. The van der Waals surface area contributed by atoms with Crippen LogP contribution in [0, 0.1) is 0 Å². The third-order valence-corrected chi connectivity index (χ3v) is 1.61. The van der Waals surface area contributed by atoms with Gasteiger partial charge in [0.1, 0.15) is 0 Å². The van der Waals surface area contributed by atoms with Crippen molar-refractivity contribution in [2.45, 2.75) is 13.3 Å². The van der Waals surface area contributed by atoms with Gasteiger partial charge in [0.25, 0.3) is 0 Å². The Morgan fingerprint density at radius 1 is 1.17 bits per heavy atom. The lowest BCUT2D eigenvalue weighted by Gasteiger charge is -1.95. The minimum atomic E-state index is -0.391. The van der Waals surface area contributed by atoms with Crippen molar-refractivity contribution < 1.29 is 9.59 Å². The highest BCUT2D eigenvalue weighted by atomic mass is 16.2. The van der Waals surface area contributed by atoms with Gasteiger partial charge in [-0.15, -0.1) is 0 Å². The normalized spacial score (nSPS) is 9.42. The van der Waals surface area contributed by atoms with E-state index in [0.717, 1.165) is 0 Å². The highest BCUT2D eigenvalue weighted by Crippen LogP contribution is 2.01. The van der Waals surface area contributed by atoms with Gasteiger partial charge in [0.05, 0.1) is 0 Å². The summed E-state index contributed by atoms with van der Waals surface area (Å²) in [5.41, 5.74) is 0.476. The lowest BCUT2D eigenvalue weighted by atomic mass is 10.1. The molecule has 0 saturated carbocycles. The fourth-order valence-electron chi connectivity index (χ4n) is 0.911. The molecule has 2 heteroatoms. The van der Waals surface area contributed by atoms with E-state index in [2.05, 4.69) is 0 Å². The van der Waals surface area contributed by atoms with Crippen molar-refractivity contribution in [3.05, 3.63) is 35.9 Å². The molecule has 62 valence electrons. The molecule has 0 aliphatic heterocycles. The monoisotopic (exact) mass is 162 g/mol. The molecular weight excluding hydrogens is 152 g/mol. The summed E-state index contributed by atoms with van der Waals surface area (Å²) in [7, 11) is 0. The molecule has 0 radical (unpaired) electrons. The third-order valence-electron chi connectivity index (χ3n) is 1.61. The topological polar surface area (TPSA) is 34.1 Å². The lowest BCUT2D eigenvalue weighted by molar-refractivity contribution is -0.114. The average Bonchev–Trinajstić information content (AvgIpc) is 2.17. The molecule has 0 unspecified atom stereocenters. The van der Waals surface area contributed by atoms with Crippen LogP contribution in [-0.4, -0.2) is 11.6 Å². The Morgan fingerprint density at radius 3 is 2.25 bits per heavy atom. The van der Waals surface area contributed by atoms with Gasteiger partial charge in [-0.25, -0.2) is 0 Å². The van der Waals surface area contributed by atoms with E-state index in [1.54, 1.807) is 31.2 Å². The molecule has 1 rings (SSSR count). The first-order chi connectivity index (χ1) is 5.75. The van der Waals surface area contributed by atoms with Crippen LogP contribution in [0.1, 0.15) is 23.7 Å². The third kappa shape index (κ3) is 1.78. The SMILES string of the molecule is CCC(=O)C(=O)c1ccccc1. The Kier molecular flexibility index (Phi) is 2.75. The van der Waals surface area contributed by atoms with E-state index < -0.39 is 5.78 Å². The van der Waals surface area contributed by atoms with E-state index in [1.807, 2.05) is 6.07 Å². The predicted molar refractivity (Wildman–Crippen MR) is 46.1 cm³/mol. The van der Waals surface area contributed by atoms with Crippen LogP contribution >= 0.6 is 0 Å². The molecule has 12 heavy (non-hydrogen) atoms. The van der Waals surface area contributed by atoms with Crippen molar-refractivity contribution >= 4 is 11.6 Å². The van der Waals surface area contributed by atoms with Crippen LogP contribution in [0.4, 0.5) is 0 Å². The number of carbonyl (C=O) groups is 2. The summed E-state index contributed by atoms with van der Waals surface area (Å²) < 4.78 is 0. The first kappa shape index (κ1) is 8.65. The highest BCUT2D eigenvalue weighted by molar-refractivity contribution is 6.43. The van der Waals surface area contributed by atoms with Crippen molar-refractivity contribution in [1.29, 1.82) is 0 Å². The zero-order valence-electron chi connectivity index (χ0n) is 6.91. The number of carbonyl (C=O) groups excluding carboxylic acids is 2. The Balaban J connectivity index is 2.86.